The maximum Gasteiger partial charge on any atom is 0.488 e. The van der Waals surface area contributed by atoms with E-state index in [4.69, 9.17) is 10.0 Å². The Bertz CT molecular complexity index is 2370. The van der Waals surface area contributed by atoms with E-state index in [-0.39, 0.29) is 37.8 Å². The fourth-order valence-corrected chi connectivity index (χ4v) is 5.24. The fraction of sp³-hybridized carbons (Fsp3) is 0.231. The van der Waals surface area contributed by atoms with Crippen molar-refractivity contribution < 1.29 is 54.8 Å². The summed E-state index contributed by atoms with van der Waals surface area (Å²) in [6.07, 6.45) is -0.479. The lowest BCUT2D eigenvalue weighted by molar-refractivity contribution is -0.140. The number of halogens is 10. The third kappa shape index (κ3) is 13.9. The molecule has 0 spiro atoms. The second-order valence-electron chi connectivity index (χ2n) is 12.0. The Kier molecular flexibility index (Phi) is 21.0. The van der Waals surface area contributed by atoms with Crippen molar-refractivity contribution in [3.05, 3.63) is 137 Å². The van der Waals surface area contributed by atoms with E-state index in [2.05, 4.69) is 58.5 Å². The summed E-state index contributed by atoms with van der Waals surface area (Å²) < 4.78 is 105. The maximum absolute atomic E-state index is 13.5. The third-order valence-electron chi connectivity index (χ3n) is 8.16. The first kappa shape index (κ1) is 54.8. The zero-order valence-electron chi connectivity index (χ0n) is 31.9. The molecule has 4 aromatic heterocycles. The van der Waals surface area contributed by atoms with Crippen molar-refractivity contribution in [1.82, 2.24) is 29.1 Å². The highest BCUT2D eigenvalue weighted by Crippen LogP contribution is 2.34. The van der Waals surface area contributed by atoms with E-state index in [0.717, 1.165) is 17.8 Å². The van der Waals surface area contributed by atoms with Crippen LogP contribution in [0.1, 0.15) is 47.0 Å². The average Bonchev–Trinajstić information content (AvgIpc) is 3.78. The summed E-state index contributed by atoms with van der Waals surface area (Å²) in [6.45, 7) is 0. The van der Waals surface area contributed by atoms with E-state index >= 15 is 0 Å². The molecular weight excluding hydrogens is 1010 g/mol. The molecule has 0 unspecified atom stereocenters. The lowest BCUT2D eigenvalue weighted by Gasteiger charge is -2.17. The molecule has 0 fully saturated rings. The van der Waals surface area contributed by atoms with Gasteiger partial charge >= 0.3 is 19.5 Å². The number of pyridine rings is 2. The van der Waals surface area contributed by atoms with Gasteiger partial charge in [0, 0.05) is 46.1 Å². The molecular formula is C39H41BBrF8IN8O4. The molecule has 0 atom stereocenters. The zero-order chi connectivity index (χ0) is 45.1. The molecule has 0 saturated carbocycles. The molecule has 2 N–H and O–H groups in total. The van der Waals surface area contributed by atoms with Crippen LogP contribution >= 0.6 is 38.5 Å². The first-order valence-electron chi connectivity index (χ1n) is 16.7. The number of imidazole rings is 2. The molecule has 62 heavy (non-hydrogen) atoms. The first-order valence-corrected chi connectivity index (χ1v) is 19.6. The lowest BCUT2D eigenvalue weighted by atomic mass is 9.79. The van der Waals surface area contributed by atoms with Crippen LogP contribution < -0.4 is 15.3 Å². The van der Waals surface area contributed by atoms with E-state index < -0.39 is 53.6 Å². The standard InChI is InChI=1S/C18H14F4N4O.C11H11BrN4O.C7H5BF4O2.CH3I.2CH4/c1-25(12-4-3-7-23-9-12)17(27)15-10-24-16(26(15)2)11-5-6-14(19)13(8-11)18(20,21)22;1-15(8-4-3-5-13-6-8)10(17)9-7-14-11(12)16(9)2;9-6-2-1-4(8(13)14)3-5(6)7(10,11)12;1-2;;/h3-10H,1-2H3;3-7H,1-2H3;1-3,13-14H;1H3;2*1H4. The van der Waals surface area contributed by atoms with Crippen LogP contribution in [0.3, 0.4) is 0 Å². The Morgan fingerprint density at radius 3 is 1.53 bits per heavy atom. The number of benzene rings is 2. The fourth-order valence-electron chi connectivity index (χ4n) is 4.95. The molecule has 6 aromatic rings. The quantitative estimate of drug-likeness (QED) is 0.0732. The maximum atomic E-state index is 13.5. The van der Waals surface area contributed by atoms with Crippen LogP contribution in [0.15, 0.2) is 103 Å². The van der Waals surface area contributed by atoms with Crippen molar-refractivity contribution in [2.24, 2.45) is 14.1 Å². The summed E-state index contributed by atoms with van der Waals surface area (Å²) in [5.41, 5.74) is -1.28. The summed E-state index contributed by atoms with van der Waals surface area (Å²) in [4.78, 5) is 45.7. The van der Waals surface area contributed by atoms with Gasteiger partial charge in [0.2, 0.25) is 0 Å². The van der Waals surface area contributed by atoms with Gasteiger partial charge in [0.25, 0.3) is 11.8 Å². The predicted molar refractivity (Wildman–Crippen MR) is 233 cm³/mol. The minimum atomic E-state index is -4.84. The molecule has 0 aliphatic rings. The van der Waals surface area contributed by atoms with Crippen LogP contribution in [-0.2, 0) is 26.4 Å². The first-order chi connectivity index (χ1) is 28.1. The van der Waals surface area contributed by atoms with Crippen molar-refractivity contribution in [2.45, 2.75) is 27.2 Å². The number of rotatable bonds is 6. The van der Waals surface area contributed by atoms with Crippen molar-refractivity contribution in [2.75, 3.05) is 28.8 Å². The van der Waals surface area contributed by atoms with Gasteiger partial charge in [-0.3, -0.25) is 19.6 Å². The summed E-state index contributed by atoms with van der Waals surface area (Å²) in [6, 6.07) is 11.4. The Hall–Kier alpha value is -5.27. The average molecular weight is 1060 g/mol. The largest absolute Gasteiger partial charge is 0.488 e. The van der Waals surface area contributed by atoms with Gasteiger partial charge in [-0.05, 0) is 80.9 Å². The topological polar surface area (TPSA) is 142 Å². The number of anilines is 2. The minimum absolute atomic E-state index is 0. The molecule has 23 heteroatoms. The molecule has 0 radical (unpaired) electrons. The number of amides is 2. The van der Waals surface area contributed by atoms with Gasteiger partial charge in [0.1, 0.15) is 28.8 Å². The molecule has 12 nitrogen and oxygen atoms in total. The van der Waals surface area contributed by atoms with Gasteiger partial charge in [-0.25, -0.2) is 18.7 Å². The Balaban J connectivity index is 0.000000476. The SMILES string of the molecule is C.C.CI.CN(C(=O)c1cnc(-c2ccc(F)c(C(F)(F)F)c2)n1C)c1cccnc1.CN(C(=O)c1cnc(Br)n1C)c1cccnc1.OB(O)c1ccc(F)c(C(F)(F)F)c1. The number of nitrogens with zero attached hydrogens (tertiary/aromatic N) is 8. The molecule has 6 rings (SSSR count). The van der Waals surface area contributed by atoms with Gasteiger partial charge in [-0.2, -0.15) is 26.3 Å². The molecule has 4 heterocycles. The monoisotopic (exact) mass is 1050 g/mol. The van der Waals surface area contributed by atoms with Gasteiger partial charge in [-0.1, -0.05) is 43.5 Å². The lowest BCUT2D eigenvalue weighted by Crippen LogP contribution is -2.31. The molecule has 0 saturated heterocycles. The van der Waals surface area contributed by atoms with E-state index in [0.29, 0.717) is 34.3 Å². The molecule has 2 aromatic carbocycles. The molecule has 334 valence electrons. The smallest absolute Gasteiger partial charge is 0.423 e. The highest BCUT2D eigenvalue weighted by atomic mass is 127. The van der Waals surface area contributed by atoms with Crippen molar-refractivity contribution >= 4 is 74.3 Å². The van der Waals surface area contributed by atoms with Crippen LogP contribution in [0.25, 0.3) is 11.4 Å². The van der Waals surface area contributed by atoms with Gasteiger partial charge in [0.15, 0.2) is 4.73 Å². The van der Waals surface area contributed by atoms with E-state index in [1.165, 1.54) is 39.9 Å². The second-order valence-corrected chi connectivity index (χ2v) is 12.7. The van der Waals surface area contributed by atoms with Crippen LogP contribution in [0.4, 0.5) is 46.5 Å². The highest BCUT2D eigenvalue weighted by molar-refractivity contribution is 14.1. The summed E-state index contributed by atoms with van der Waals surface area (Å²) in [5, 5.41) is 17.1. The molecule has 0 aliphatic heterocycles. The van der Waals surface area contributed by atoms with Crippen LogP contribution in [0.5, 0.6) is 0 Å². The Morgan fingerprint density at radius 1 is 0.694 bits per heavy atom. The van der Waals surface area contributed by atoms with Gasteiger partial charge in [-0.15, -0.1) is 0 Å². The zero-order valence-corrected chi connectivity index (χ0v) is 35.6. The van der Waals surface area contributed by atoms with E-state index in [9.17, 15) is 44.7 Å². The highest BCUT2D eigenvalue weighted by Gasteiger charge is 2.36. The molecule has 2 amide bonds. The van der Waals surface area contributed by atoms with E-state index in [1.807, 2.05) is 11.0 Å². The molecule has 0 bridgehead atoms. The van der Waals surface area contributed by atoms with Crippen LogP contribution in [0, 0.1) is 11.6 Å². The number of aromatic nitrogens is 6. The van der Waals surface area contributed by atoms with Gasteiger partial charge in [0.05, 0.1) is 47.3 Å². The summed E-state index contributed by atoms with van der Waals surface area (Å²) in [7, 11) is 4.49. The normalized spacial score (nSPS) is 10.5. The Labute approximate surface area is 374 Å². The molecule has 0 aliphatic carbocycles. The number of carbonyl (C=O) groups excluding carboxylic acids is 2. The number of hydrogen-bond acceptors (Lipinski definition) is 8. The van der Waals surface area contributed by atoms with Gasteiger partial charge < -0.3 is 29.0 Å². The third-order valence-corrected chi connectivity index (χ3v) is 8.89. The number of hydrogen-bond donors (Lipinski definition) is 2. The van der Waals surface area contributed by atoms with E-state index in [1.54, 1.807) is 68.7 Å². The van der Waals surface area contributed by atoms with Crippen molar-refractivity contribution in [3.63, 3.8) is 0 Å². The van der Waals surface area contributed by atoms with Crippen LogP contribution in [-0.4, -0.2) is 77.1 Å². The number of carbonyl (C=O) groups is 2. The Morgan fingerprint density at radius 2 is 1.13 bits per heavy atom. The predicted octanol–water partition coefficient (Wildman–Crippen LogP) is 8.62. The van der Waals surface area contributed by atoms with Crippen molar-refractivity contribution in [3.8, 4) is 11.4 Å². The second kappa shape index (κ2) is 23.8. The minimum Gasteiger partial charge on any atom is -0.423 e. The number of alkyl halides is 7. The van der Waals surface area contributed by atoms with Crippen LogP contribution in [0.2, 0.25) is 0 Å². The summed E-state index contributed by atoms with van der Waals surface area (Å²) >= 11 is 5.41. The van der Waals surface area contributed by atoms with Crippen molar-refractivity contribution in [1.29, 1.82) is 0 Å². The summed E-state index contributed by atoms with van der Waals surface area (Å²) in [5.74, 6) is -3.24.